The fourth-order valence-corrected chi connectivity index (χ4v) is 3.07. The molecule has 1 heterocycles. The zero-order chi connectivity index (χ0) is 22.3. The molecule has 10 nitrogen and oxygen atoms in total. The number of aliphatic carboxylic acids is 1. The lowest BCUT2D eigenvalue weighted by molar-refractivity contribution is -0.279. The predicted molar refractivity (Wildman–Crippen MR) is 102 cm³/mol. The van der Waals surface area contributed by atoms with Crippen molar-refractivity contribution in [3.63, 3.8) is 0 Å². The van der Waals surface area contributed by atoms with Crippen LogP contribution in [0.15, 0.2) is 30.3 Å². The molecule has 0 unspecified atom stereocenters. The van der Waals surface area contributed by atoms with Crippen LogP contribution in [0.25, 0.3) is 0 Å². The third-order valence-corrected chi connectivity index (χ3v) is 4.48. The van der Waals surface area contributed by atoms with Crippen molar-refractivity contribution in [1.29, 1.82) is 0 Å². The highest BCUT2D eigenvalue weighted by molar-refractivity contribution is 5.73. The normalized spacial score (nSPS) is 27.1. The summed E-state index contributed by atoms with van der Waals surface area (Å²) in [6.07, 6.45) is -5.78. The Kier molecular flexibility index (Phi) is 8.72. The van der Waals surface area contributed by atoms with E-state index in [2.05, 4.69) is 5.32 Å². The van der Waals surface area contributed by atoms with Gasteiger partial charge in [-0.05, 0) is 12.5 Å². The molecule has 0 aliphatic carbocycles. The molecule has 0 bridgehead atoms. The molecule has 0 aromatic heterocycles. The number of ether oxygens (including phenoxy) is 4. The highest BCUT2D eigenvalue weighted by Gasteiger charge is 2.49. The largest absolute Gasteiger partial charge is 0.479 e. The number of aliphatic hydroxyl groups is 1. The van der Waals surface area contributed by atoms with Gasteiger partial charge in [-0.3, -0.25) is 9.59 Å². The quantitative estimate of drug-likeness (QED) is 0.474. The van der Waals surface area contributed by atoms with Crippen LogP contribution in [0.3, 0.4) is 0 Å². The topological polar surface area (TPSA) is 141 Å². The van der Waals surface area contributed by atoms with E-state index < -0.39 is 54.6 Å². The number of esters is 1. The van der Waals surface area contributed by atoms with Crippen LogP contribution in [0.5, 0.6) is 0 Å². The van der Waals surface area contributed by atoms with E-state index in [1.54, 1.807) is 0 Å². The summed E-state index contributed by atoms with van der Waals surface area (Å²) in [6.45, 7) is 3.66. The molecule has 10 heteroatoms. The molecular formula is C20H27NO9. The van der Waals surface area contributed by atoms with Gasteiger partial charge in [-0.1, -0.05) is 30.3 Å². The maximum Gasteiger partial charge on any atom is 0.332 e. The summed E-state index contributed by atoms with van der Waals surface area (Å²) in [5.41, 5.74) is 0.830. The van der Waals surface area contributed by atoms with Crippen LogP contribution < -0.4 is 5.32 Å². The number of amides is 1. The first kappa shape index (κ1) is 23.7. The van der Waals surface area contributed by atoms with Gasteiger partial charge in [0.1, 0.15) is 31.0 Å². The van der Waals surface area contributed by atoms with Gasteiger partial charge in [0.25, 0.3) is 0 Å². The Balaban J connectivity index is 2.31. The average Bonchev–Trinajstić information content (AvgIpc) is 2.68. The molecule has 2 rings (SSSR count). The summed E-state index contributed by atoms with van der Waals surface area (Å²) in [6, 6.07) is 8.08. The van der Waals surface area contributed by atoms with E-state index in [4.69, 9.17) is 18.9 Å². The van der Waals surface area contributed by atoms with Crippen LogP contribution in [0.1, 0.15) is 26.3 Å². The van der Waals surface area contributed by atoms with Gasteiger partial charge in [0.05, 0.1) is 6.61 Å². The standard InChI is InChI=1S/C20H27NO9/c1-11(19(24)25)29-18-16(21-12(2)22)20(26)30-15(10-27-13(3)23)17(18)28-9-14-7-5-4-6-8-14/h4-8,11,15-18,20,26H,9-10H2,1-3H3,(H,21,22)(H,24,25)/t11-,15-,16-,17-,18-,20-/m1/s1. The number of carbonyl (C=O) groups excluding carboxylic acids is 2. The first-order chi connectivity index (χ1) is 14.2. The fraction of sp³-hybridized carbons (Fsp3) is 0.550. The SMILES string of the molecule is CC(=O)N[C@@H]1[C@@H](O[C@H](C)C(=O)O)[C@H](OCc2ccccc2)[C@@H](COC(C)=O)O[C@H]1O. The summed E-state index contributed by atoms with van der Waals surface area (Å²) in [5, 5.41) is 22.2. The smallest absolute Gasteiger partial charge is 0.332 e. The highest BCUT2D eigenvalue weighted by atomic mass is 16.7. The lowest BCUT2D eigenvalue weighted by atomic mass is 9.96. The number of hydrogen-bond donors (Lipinski definition) is 3. The van der Waals surface area contributed by atoms with Gasteiger partial charge in [0.15, 0.2) is 12.4 Å². The van der Waals surface area contributed by atoms with Crippen molar-refractivity contribution >= 4 is 17.8 Å². The van der Waals surface area contributed by atoms with Gasteiger partial charge >= 0.3 is 11.9 Å². The second-order valence-corrected chi connectivity index (χ2v) is 6.94. The van der Waals surface area contributed by atoms with Crippen molar-refractivity contribution in [2.75, 3.05) is 6.61 Å². The second-order valence-electron chi connectivity index (χ2n) is 6.94. The van der Waals surface area contributed by atoms with E-state index in [-0.39, 0.29) is 13.2 Å². The fourth-order valence-electron chi connectivity index (χ4n) is 3.07. The van der Waals surface area contributed by atoms with E-state index in [9.17, 15) is 24.6 Å². The van der Waals surface area contributed by atoms with Gasteiger partial charge in [-0.25, -0.2) is 4.79 Å². The van der Waals surface area contributed by atoms with E-state index in [0.717, 1.165) is 5.56 Å². The molecule has 1 saturated heterocycles. The molecule has 0 saturated carbocycles. The molecule has 6 atom stereocenters. The number of benzene rings is 1. The zero-order valence-corrected chi connectivity index (χ0v) is 17.0. The molecule has 166 valence electrons. The Hall–Kier alpha value is -2.53. The van der Waals surface area contributed by atoms with Crippen LogP contribution in [-0.4, -0.2) is 71.4 Å². The van der Waals surface area contributed by atoms with Crippen LogP contribution >= 0.6 is 0 Å². The third kappa shape index (κ3) is 6.77. The number of carboxylic acids is 1. The van der Waals surface area contributed by atoms with Crippen LogP contribution in [0.2, 0.25) is 0 Å². The molecule has 0 radical (unpaired) electrons. The molecule has 0 spiro atoms. The Morgan fingerprint density at radius 2 is 1.83 bits per heavy atom. The zero-order valence-electron chi connectivity index (χ0n) is 17.0. The van der Waals surface area contributed by atoms with E-state index in [1.165, 1.54) is 20.8 Å². The number of carboxylic acid groups (broad SMARTS) is 1. The van der Waals surface area contributed by atoms with Gasteiger partial charge < -0.3 is 34.5 Å². The van der Waals surface area contributed by atoms with Gasteiger partial charge in [-0.2, -0.15) is 0 Å². The minimum absolute atomic E-state index is 0.121. The third-order valence-electron chi connectivity index (χ3n) is 4.48. The average molecular weight is 425 g/mol. The molecule has 1 fully saturated rings. The summed E-state index contributed by atoms with van der Waals surface area (Å²) in [5.74, 6) is -2.26. The van der Waals surface area contributed by atoms with Gasteiger partial charge in [0.2, 0.25) is 5.91 Å². The molecular weight excluding hydrogens is 398 g/mol. The van der Waals surface area contributed by atoms with Crippen molar-refractivity contribution in [1.82, 2.24) is 5.32 Å². The summed E-state index contributed by atoms with van der Waals surface area (Å²) >= 11 is 0. The second kappa shape index (κ2) is 11.0. The monoisotopic (exact) mass is 425 g/mol. The van der Waals surface area contributed by atoms with Gasteiger partial charge in [0, 0.05) is 13.8 Å². The molecule has 1 amide bonds. The Labute approximate surface area is 174 Å². The molecule has 1 aliphatic heterocycles. The minimum atomic E-state index is -1.53. The first-order valence-electron chi connectivity index (χ1n) is 9.46. The van der Waals surface area contributed by atoms with Crippen LogP contribution in [0.4, 0.5) is 0 Å². The minimum Gasteiger partial charge on any atom is -0.479 e. The number of carbonyl (C=O) groups is 3. The lowest BCUT2D eigenvalue weighted by Gasteiger charge is -2.45. The summed E-state index contributed by atoms with van der Waals surface area (Å²) < 4.78 is 22.2. The molecule has 3 N–H and O–H groups in total. The van der Waals surface area contributed by atoms with E-state index in [1.807, 2.05) is 30.3 Å². The van der Waals surface area contributed by atoms with E-state index >= 15 is 0 Å². The van der Waals surface area contributed by atoms with Crippen molar-refractivity contribution in [2.24, 2.45) is 0 Å². The number of nitrogens with one attached hydrogen (secondary N) is 1. The van der Waals surface area contributed by atoms with Crippen molar-refractivity contribution in [3.05, 3.63) is 35.9 Å². The molecule has 1 aromatic rings. The Morgan fingerprint density at radius 1 is 1.17 bits per heavy atom. The molecule has 1 aliphatic rings. The summed E-state index contributed by atoms with van der Waals surface area (Å²) in [7, 11) is 0. The maximum absolute atomic E-state index is 11.6. The number of aliphatic hydroxyl groups excluding tert-OH is 1. The number of hydrogen-bond acceptors (Lipinski definition) is 8. The summed E-state index contributed by atoms with van der Waals surface area (Å²) in [4.78, 5) is 34.3. The first-order valence-corrected chi connectivity index (χ1v) is 9.46. The van der Waals surface area contributed by atoms with Crippen molar-refractivity contribution in [2.45, 2.75) is 64.1 Å². The van der Waals surface area contributed by atoms with Crippen molar-refractivity contribution in [3.8, 4) is 0 Å². The van der Waals surface area contributed by atoms with Crippen molar-refractivity contribution < 1.29 is 43.5 Å². The molecule has 30 heavy (non-hydrogen) atoms. The van der Waals surface area contributed by atoms with Crippen LogP contribution in [-0.2, 0) is 39.9 Å². The predicted octanol–water partition coefficient (Wildman–Crippen LogP) is 0.215. The highest BCUT2D eigenvalue weighted by Crippen LogP contribution is 2.27. The van der Waals surface area contributed by atoms with E-state index in [0.29, 0.717) is 0 Å². The maximum atomic E-state index is 11.6. The van der Waals surface area contributed by atoms with Gasteiger partial charge in [-0.15, -0.1) is 0 Å². The Bertz CT molecular complexity index is 726. The Morgan fingerprint density at radius 3 is 2.40 bits per heavy atom. The number of rotatable bonds is 9. The van der Waals surface area contributed by atoms with Crippen LogP contribution in [0, 0.1) is 0 Å². The molecule has 1 aromatic carbocycles. The lowest BCUT2D eigenvalue weighted by Crippen LogP contribution is -2.66.